The Morgan fingerprint density at radius 3 is 2.34 bits per heavy atom. The fraction of sp³-hybridized carbons (Fsp3) is 0.308. The molecule has 4 rings (SSSR count). The Hall–Kier alpha value is -4.19. The highest BCUT2D eigenvalue weighted by atomic mass is 19.4. The van der Waals surface area contributed by atoms with Gasteiger partial charge in [0.25, 0.3) is 5.91 Å². The topological polar surface area (TPSA) is 136 Å². The molecule has 5 N–H and O–H groups in total. The average Bonchev–Trinajstić information content (AvgIpc) is 3.37. The van der Waals surface area contributed by atoms with E-state index < -0.39 is 29.6 Å². The number of nitrogens with two attached hydrogens (primary N) is 2. The molecule has 0 saturated carbocycles. The maximum absolute atomic E-state index is 13.3. The summed E-state index contributed by atoms with van der Waals surface area (Å²) in [5, 5.41) is 2.80. The molecule has 1 fully saturated rings. The minimum absolute atomic E-state index is 0.0641. The van der Waals surface area contributed by atoms with Crippen molar-refractivity contribution in [2.24, 2.45) is 11.5 Å². The van der Waals surface area contributed by atoms with Crippen LogP contribution in [0, 0.1) is 0 Å². The Labute approximate surface area is 217 Å². The Morgan fingerprint density at radius 2 is 1.74 bits per heavy atom. The minimum atomic E-state index is -4.46. The van der Waals surface area contributed by atoms with Crippen molar-refractivity contribution in [3.05, 3.63) is 65.4 Å². The SMILES string of the molecule is C[C@H](Nc1cc(C(N)=O)nc(-c2ccc(Oc3ccc(C(F)(F)F)cc3CN3CCCC3)cc2)n1)C(N)=O. The summed E-state index contributed by atoms with van der Waals surface area (Å²) in [6, 6.07) is 10.5. The molecule has 12 heteroatoms. The van der Waals surface area contributed by atoms with E-state index >= 15 is 0 Å². The van der Waals surface area contributed by atoms with Crippen LogP contribution < -0.4 is 21.5 Å². The molecular formula is C26H27F3N6O3. The number of hydrogen-bond donors (Lipinski definition) is 3. The molecule has 0 aliphatic carbocycles. The first-order valence-corrected chi connectivity index (χ1v) is 11.9. The highest BCUT2D eigenvalue weighted by Gasteiger charge is 2.31. The van der Waals surface area contributed by atoms with Crippen LogP contribution in [0.1, 0.15) is 41.4 Å². The number of ether oxygens (including phenoxy) is 1. The maximum atomic E-state index is 13.3. The smallest absolute Gasteiger partial charge is 0.416 e. The standard InChI is InChI=1S/C26H27F3N6O3/c1-15(23(30)36)32-22-13-20(24(31)37)33-25(34-22)16-4-7-19(8-5-16)38-21-9-6-18(26(27,28)29)12-17(21)14-35-10-2-3-11-35/h4-9,12-13,15H,2-3,10-11,14H2,1H3,(H2,30,36)(H2,31,37)(H,32,33,34)/t15-/m0/s1. The second-order valence-corrected chi connectivity index (χ2v) is 9.02. The van der Waals surface area contributed by atoms with Crippen molar-refractivity contribution in [2.75, 3.05) is 18.4 Å². The first-order chi connectivity index (χ1) is 18.0. The summed E-state index contributed by atoms with van der Waals surface area (Å²) in [5.74, 6) is -0.321. The lowest BCUT2D eigenvalue weighted by atomic mass is 10.1. The molecule has 38 heavy (non-hydrogen) atoms. The summed E-state index contributed by atoms with van der Waals surface area (Å²) in [5.41, 5.74) is 10.9. The quantitative estimate of drug-likeness (QED) is 0.383. The Bertz CT molecular complexity index is 1320. The number of hydrogen-bond acceptors (Lipinski definition) is 7. The molecule has 1 aromatic heterocycles. The second-order valence-electron chi connectivity index (χ2n) is 9.02. The number of benzene rings is 2. The second kappa shape index (κ2) is 11.1. The van der Waals surface area contributed by atoms with E-state index in [1.165, 1.54) is 12.1 Å². The van der Waals surface area contributed by atoms with Crippen LogP contribution in [0.2, 0.25) is 0 Å². The third kappa shape index (κ3) is 6.57. The van der Waals surface area contributed by atoms with Crippen LogP contribution in [-0.4, -0.2) is 45.8 Å². The predicted molar refractivity (Wildman–Crippen MR) is 134 cm³/mol. The fourth-order valence-corrected chi connectivity index (χ4v) is 4.03. The summed E-state index contributed by atoms with van der Waals surface area (Å²) in [7, 11) is 0. The van der Waals surface area contributed by atoms with Crippen LogP contribution in [0.15, 0.2) is 48.5 Å². The number of amides is 2. The third-order valence-corrected chi connectivity index (χ3v) is 6.09. The number of carbonyl (C=O) groups excluding carboxylic acids is 2. The van der Waals surface area contributed by atoms with Crippen LogP contribution in [-0.2, 0) is 17.5 Å². The maximum Gasteiger partial charge on any atom is 0.416 e. The van der Waals surface area contributed by atoms with Gasteiger partial charge in [-0.2, -0.15) is 13.2 Å². The van der Waals surface area contributed by atoms with Gasteiger partial charge >= 0.3 is 6.18 Å². The van der Waals surface area contributed by atoms with E-state index in [4.69, 9.17) is 16.2 Å². The van der Waals surface area contributed by atoms with Crippen molar-refractivity contribution in [1.82, 2.24) is 14.9 Å². The number of nitrogens with one attached hydrogen (secondary N) is 1. The lowest BCUT2D eigenvalue weighted by Gasteiger charge is -2.19. The van der Waals surface area contributed by atoms with Gasteiger partial charge in [-0.15, -0.1) is 0 Å². The summed E-state index contributed by atoms with van der Waals surface area (Å²) in [4.78, 5) is 33.8. The Morgan fingerprint density at radius 1 is 1.05 bits per heavy atom. The van der Waals surface area contributed by atoms with Gasteiger partial charge in [0.15, 0.2) is 5.82 Å². The predicted octanol–water partition coefficient (Wildman–Crippen LogP) is 3.94. The fourth-order valence-electron chi connectivity index (χ4n) is 4.03. The van der Waals surface area contributed by atoms with E-state index in [0.717, 1.165) is 38.1 Å². The van der Waals surface area contributed by atoms with Crippen molar-refractivity contribution in [1.29, 1.82) is 0 Å². The van der Waals surface area contributed by atoms with Gasteiger partial charge in [-0.1, -0.05) is 0 Å². The van der Waals surface area contributed by atoms with E-state index in [1.807, 2.05) is 0 Å². The van der Waals surface area contributed by atoms with E-state index in [1.54, 1.807) is 31.2 Å². The Kier molecular flexibility index (Phi) is 7.81. The zero-order chi connectivity index (χ0) is 27.4. The lowest BCUT2D eigenvalue weighted by molar-refractivity contribution is -0.137. The molecule has 1 aliphatic heterocycles. The number of primary amides is 2. The molecule has 0 unspecified atom stereocenters. The number of anilines is 1. The van der Waals surface area contributed by atoms with Crippen molar-refractivity contribution in [3.63, 3.8) is 0 Å². The molecule has 0 bridgehead atoms. The molecule has 9 nitrogen and oxygen atoms in total. The normalized spacial score (nSPS) is 14.7. The van der Waals surface area contributed by atoms with Gasteiger partial charge in [0.1, 0.15) is 29.1 Å². The number of rotatable bonds is 9. The Balaban J connectivity index is 1.59. The van der Waals surface area contributed by atoms with Crippen LogP contribution in [0.4, 0.5) is 19.0 Å². The molecule has 200 valence electrons. The summed E-state index contributed by atoms with van der Waals surface area (Å²) in [6.45, 7) is 3.54. The van der Waals surface area contributed by atoms with Gasteiger partial charge in [0.05, 0.1) is 5.56 Å². The van der Waals surface area contributed by atoms with E-state index in [0.29, 0.717) is 29.2 Å². The summed E-state index contributed by atoms with van der Waals surface area (Å²) in [6.07, 6.45) is -2.44. The van der Waals surface area contributed by atoms with Gasteiger partial charge in [0.2, 0.25) is 5.91 Å². The molecule has 1 atom stereocenters. The number of likely N-dealkylation sites (tertiary alicyclic amines) is 1. The number of halogens is 3. The zero-order valence-electron chi connectivity index (χ0n) is 20.6. The minimum Gasteiger partial charge on any atom is -0.457 e. The molecule has 2 amide bonds. The monoisotopic (exact) mass is 528 g/mol. The first kappa shape index (κ1) is 26.9. The summed E-state index contributed by atoms with van der Waals surface area (Å²) >= 11 is 0. The molecular weight excluding hydrogens is 501 g/mol. The average molecular weight is 529 g/mol. The molecule has 0 spiro atoms. The van der Waals surface area contributed by atoms with Gasteiger partial charge in [-0.3, -0.25) is 14.5 Å². The van der Waals surface area contributed by atoms with E-state index in [2.05, 4.69) is 20.2 Å². The zero-order valence-corrected chi connectivity index (χ0v) is 20.6. The van der Waals surface area contributed by atoms with Crippen molar-refractivity contribution in [2.45, 2.75) is 38.5 Å². The van der Waals surface area contributed by atoms with E-state index in [-0.39, 0.29) is 17.3 Å². The highest BCUT2D eigenvalue weighted by molar-refractivity contribution is 5.92. The van der Waals surface area contributed by atoms with Crippen molar-refractivity contribution < 1.29 is 27.5 Å². The molecule has 0 radical (unpaired) electrons. The summed E-state index contributed by atoms with van der Waals surface area (Å²) < 4.78 is 46.0. The molecule has 1 saturated heterocycles. The molecule has 2 aromatic carbocycles. The number of alkyl halides is 3. The van der Waals surface area contributed by atoms with E-state index in [9.17, 15) is 22.8 Å². The van der Waals surface area contributed by atoms with Gasteiger partial charge < -0.3 is 21.5 Å². The molecule has 3 aromatic rings. The highest BCUT2D eigenvalue weighted by Crippen LogP contribution is 2.35. The van der Waals surface area contributed by atoms with Gasteiger partial charge in [-0.05, 0) is 75.3 Å². The largest absolute Gasteiger partial charge is 0.457 e. The van der Waals surface area contributed by atoms with Gasteiger partial charge in [0, 0.05) is 23.7 Å². The van der Waals surface area contributed by atoms with Crippen LogP contribution in [0.5, 0.6) is 11.5 Å². The van der Waals surface area contributed by atoms with Crippen molar-refractivity contribution >= 4 is 17.6 Å². The van der Waals surface area contributed by atoms with Crippen LogP contribution in [0.25, 0.3) is 11.4 Å². The van der Waals surface area contributed by atoms with Crippen LogP contribution >= 0.6 is 0 Å². The van der Waals surface area contributed by atoms with Crippen molar-refractivity contribution in [3.8, 4) is 22.9 Å². The first-order valence-electron chi connectivity index (χ1n) is 11.9. The lowest BCUT2D eigenvalue weighted by Crippen LogP contribution is -2.33. The number of nitrogens with zero attached hydrogens (tertiary/aromatic N) is 3. The number of aromatic nitrogens is 2. The number of carbonyl (C=O) groups is 2. The molecule has 1 aliphatic rings. The third-order valence-electron chi connectivity index (χ3n) is 6.09. The molecule has 2 heterocycles. The van der Waals surface area contributed by atoms with Crippen LogP contribution in [0.3, 0.4) is 0 Å². The van der Waals surface area contributed by atoms with Gasteiger partial charge in [-0.25, -0.2) is 9.97 Å².